The number of rotatable bonds is 6. The molecule has 144 valence electrons. The predicted octanol–water partition coefficient (Wildman–Crippen LogP) is 7.39. The molecular formula is C26H22ClNO. The largest absolute Gasteiger partial charge is 0.488 e. The Morgan fingerprint density at radius 1 is 0.862 bits per heavy atom. The van der Waals surface area contributed by atoms with E-state index in [0.29, 0.717) is 11.6 Å². The fraction of sp³-hybridized carbons (Fsp3) is 0.115. The van der Waals surface area contributed by atoms with Gasteiger partial charge in [-0.25, -0.2) is 0 Å². The average molecular weight is 400 g/mol. The number of hydrogen-bond acceptors (Lipinski definition) is 2. The summed E-state index contributed by atoms with van der Waals surface area (Å²) >= 11 is 6.28. The Kier molecular flexibility index (Phi) is 5.92. The smallest absolute Gasteiger partial charge is 0.129 e. The second kappa shape index (κ2) is 8.93. The molecule has 4 aromatic rings. The van der Waals surface area contributed by atoms with Gasteiger partial charge in [-0.2, -0.15) is 0 Å². The van der Waals surface area contributed by atoms with Crippen molar-refractivity contribution in [3.63, 3.8) is 0 Å². The fourth-order valence-electron chi connectivity index (χ4n) is 3.26. The molecule has 0 aliphatic heterocycles. The topological polar surface area (TPSA) is 21.6 Å². The van der Waals surface area contributed by atoms with E-state index in [2.05, 4.69) is 37.3 Å². The molecule has 0 atom stereocenters. The normalized spacial score (nSPS) is 11.2. The van der Waals surface area contributed by atoms with E-state index in [-0.39, 0.29) is 0 Å². The molecule has 2 nitrogen and oxygen atoms in total. The third kappa shape index (κ3) is 4.49. The van der Waals surface area contributed by atoms with Crippen LogP contribution in [0.4, 0.5) is 5.69 Å². The van der Waals surface area contributed by atoms with E-state index in [1.807, 2.05) is 60.8 Å². The Morgan fingerprint density at radius 2 is 1.62 bits per heavy atom. The van der Waals surface area contributed by atoms with Crippen LogP contribution in [-0.2, 0) is 13.0 Å². The van der Waals surface area contributed by atoms with Crippen LogP contribution in [-0.4, -0.2) is 6.21 Å². The molecule has 0 N–H and O–H groups in total. The van der Waals surface area contributed by atoms with Crippen molar-refractivity contribution in [3.05, 3.63) is 107 Å². The van der Waals surface area contributed by atoms with Crippen LogP contribution in [0.25, 0.3) is 10.8 Å². The van der Waals surface area contributed by atoms with Crippen molar-refractivity contribution < 1.29 is 4.74 Å². The Bertz CT molecular complexity index is 1150. The van der Waals surface area contributed by atoms with E-state index in [9.17, 15) is 0 Å². The maximum atomic E-state index is 6.28. The summed E-state index contributed by atoms with van der Waals surface area (Å²) < 4.78 is 6.16. The van der Waals surface area contributed by atoms with Gasteiger partial charge in [0.15, 0.2) is 0 Å². The summed E-state index contributed by atoms with van der Waals surface area (Å²) in [4.78, 5) is 4.70. The lowest BCUT2D eigenvalue weighted by molar-refractivity contribution is 0.306. The Hall–Kier alpha value is -3.10. The van der Waals surface area contributed by atoms with E-state index in [1.54, 1.807) is 0 Å². The maximum Gasteiger partial charge on any atom is 0.129 e. The van der Waals surface area contributed by atoms with Gasteiger partial charge in [-0.1, -0.05) is 79.2 Å². The quantitative estimate of drug-likeness (QED) is 0.310. The summed E-state index contributed by atoms with van der Waals surface area (Å²) in [5.41, 5.74) is 4.15. The third-order valence-corrected chi connectivity index (χ3v) is 5.33. The van der Waals surface area contributed by atoms with Gasteiger partial charge in [0.2, 0.25) is 0 Å². The monoisotopic (exact) mass is 399 g/mol. The van der Waals surface area contributed by atoms with E-state index in [1.165, 1.54) is 5.56 Å². The Morgan fingerprint density at radius 3 is 2.41 bits per heavy atom. The zero-order valence-corrected chi connectivity index (χ0v) is 17.1. The van der Waals surface area contributed by atoms with Gasteiger partial charge in [0.05, 0.1) is 5.69 Å². The van der Waals surface area contributed by atoms with Crippen LogP contribution in [0.15, 0.2) is 89.9 Å². The number of hydrogen-bond donors (Lipinski definition) is 0. The number of ether oxygens (including phenoxy) is 1. The van der Waals surface area contributed by atoms with Crippen molar-refractivity contribution in [2.24, 2.45) is 4.99 Å². The van der Waals surface area contributed by atoms with Gasteiger partial charge < -0.3 is 4.74 Å². The van der Waals surface area contributed by atoms with Crippen molar-refractivity contribution in [3.8, 4) is 5.75 Å². The summed E-state index contributed by atoms with van der Waals surface area (Å²) in [6.07, 6.45) is 2.92. The molecule has 0 amide bonds. The van der Waals surface area contributed by atoms with Gasteiger partial charge in [0.1, 0.15) is 12.4 Å². The van der Waals surface area contributed by atoms with Gasteiger partial charge in [-0.05, 0) is 47.0 Å². The molecule has 4 rings (SSSR count). The van der Waals surface area contributed by atoms with Crippen LogP contribution in [0.2, 0.25) is 5.02 Å². The number of nitrogens with zero attached hydrogens (tertiary/aromatic N) is 1. The zero-order chi connectivity index (χ0) is 20.1. The molecular weight excluding hydrogens is 378 g/mol. The first-order valence-corrected chi connectivity index (χ1v) is 10.1. The van der Waals surface area contributed by atoms with Crippen molar-refractivity contribution >= 4 is 34.3 Å². The molecule has 0 fully saturated rings. The van der Waals surface area contributed by atoms with Gasteiger partial charge in [-0.15, -0.1) is 0 Å². The minimum absolute atomic E-state index is 0.407. The van der Waals surface area contributed by atoms with Crippen LogP contribution in [0, 0.1) is 0 Å². The van der Waals surface area contributed by atoms with Gasteiger partial charge >= 0.3 is 0 Å². The van der Waals surface area contributed by atoms with Crippen LogP contribution >= 0.6 is 11.6 Å². The number of halogens is 1. The highest BCUT2D eigenvalue weighted by atomic mass is 35.5. The van der Waals surface area contributed by atoms with Gasteiger partial charge in [0, 0.05) is 22.4 Å². The molecule has 0 heterocycles. The average Bonchev–Trinajstić information content (AvgIpc) is 2.77. The standard InChI is InChI=1S/C26H22ClNO/c1-2-19-11-14-22(15-12-19)28-17-24-23-9-5-3-7-20(23)13-16-26(24)29-18-21-8-4-6-10-25(21)27/h3-17H,2,18H2,1H3. The number of aryl methyl sites for hydroxylation is 1. The molecule has 0 saturated heterocycles. The molecule has 0 bridgehead atoms. The molecule has 0 spiro atoms. The second-order valence-electron chi connectivity index (χ2n) is 6.86. The first kappa shape index (κ1) is 19.2. The summed E-state index contributed by atoms with van der Waals surface area (Å²) in [7, 11) is 0. The fourth-order valence-corrected chi connectivity index (χ4v) is 3.45. The van der Waals surface area contributed by atoms with Crippen LogP contribution in [0.3, 0.4) is 0 Å². The highest BCUT2D eigenvalue weighted by Crippen LogP contribution is 2.29. The van der Waals surface area contributed by atoms with E-state index >= 15 is 0 Å². The van der Waals surface area contributed by atoms with Crippen molar-refractivity contribution in [2.75, 3.05) is 0 Å². The van der Waals surface area contributed by atoms with E-state index < -0.39 is 0 Å². The summed E-state index contributed by atoms with van der Waals surface area (Å²) in [5, 5.41) is 2.97. The first-order chi connectivity index (χ1) is 14.2. The number of fused-ring (bicyclic) bond motifs is 1. The molecule has 0 aliphatic carbocycles. The lowest BCUT2D eigenvalue weighted by atomic mass is 10.0. The molecule has 0 radical (unpaired) electrons. The minimum Gasteiger partial charge on any atom is -0.488 e. The first-order valence-electron chi connectivity index (χ1n) is 9.75. The lowest BCUT2D eigenvalue weighted by Crippen LogP contribution is -1.99. The molecule has 0 saturated carbocycles. The molecule has 0 aromatic heterocycles. The molecule has 3 heteroatoms. The SMILES string of the molecule is CCc1ccc(N=Cc2c(OCc3ccccc3Cl)ccc3ccccc23)cc1. The Labute approximate surface area is 176 Å². The lowest BCUT2D eigenvalue weighted by Gasteiger charge is -2.12. The number of aliphatic imine (C=N–C) groups is 1. The van der Waals surface area contributed by atoms with Gasteiger partial charge in [-0.3, -0.25) is 4.99 Å². The molecule has 4 aromatic carbocycles. The minimum atomic E-state index is 0.407. The van der Waals surface area contributed by atoms with E-state index in [4.69, 9.17) is 21.3 Å². The van der Waals surface area contributed by atoms with Crippen LogP contribution < -0.4 is 4.74 Å². The third-order valence-electron chi connectivity index (χ3n) is 4.96. The predicted molar refractivity (Wildman–Crippen MR) is 123 cm³/mol. The molecule has 29 heavy (non-hydrogen) atoms. The highest BCUT2D eigenvalue weighted by molar-refractivity contribution is 6.31. The van der Waals surface area contributed by atoms with Gasteiger partial charge in [0.25, 0.3) is 0 Å². The van der Waals surface area contributed by atoms with E-state index in [0.717, 1.165) is 39.8 Å². The summed E-state index contributed by atoms with van der Waals surface area (Å²) in [6, 6.07) is 28.4. The zero-order valence-electron chi connectivity index (χ0n) is 16.3. The molecule has 0 aliphatic rings. The Balaban J connectivity index is 1.68. The summed E-state index contributed by atoms with van der Waals surface area (Å²) in [6.45, 7) is 2.56. The van der Waals surface area contributed by atoms with Crippen molar-refractivity contribution in [1.29, 1.82) is 0 Å². The highest BCUT2D eigenvalue weighted by Gasteiger charge is 2.09. The van der Waals surface area contributed by atoms with Crippen LogP contribution in [0.5, 0.6) is 5.75 Å². The maximum absolute atomic E-state index is 6.28. The molecule has 0 unspecified atom stereocenters. The van der Waals surface area contributed by atoms with Crippen molar-refractivity contribution in [1.82, 2.24) is 0 Å². The summed E-state index contributed by atoms with van der Waals surface area (Å²) in [5.74, 6) is 0.789. The second-order valence-corrected chi connectivity index (χ2v) is 7.26. The number of benzene rings is 4. The van der Waals surface area contributed by atoms with Crippen molar-refractivity contribution in [2.45, 2.75) is 20.0 Å². The van der Waals surface area contributed by atoms with Crippen LogP contribution in [0.1, 0.15) is 23.6 Å².